The third-order valence-electron chi connectivity index (χ3n) is 5.58. The van der Waals surface area contributed by atoms with E-state index in [4.69, 9.17) is 4.43 Å². The fourth-order valence-corrected chi connectivity index (χ4v) is 7.14. The summed E-state index contributed by atoms with van der Waals surface area (Å²) >= 11 is 0. The average Bonchev–Trinajstić information content (AvgIpc) is 2.88. The molecular weight excluding hydrogens is 260 g/mol. The van der Waals surface area contributed by atoms with E-state index in [0.717, 1.165) is 0 Å². The summed E-state index contributed by atoms with van der Waals surface area (Å²) in [6, 6.07) is 3.78. The minimum absolute atomic E-state index is 0.0859. The summed E-state index contributed by atoms with van der Waals surface area (Å²) in [5.41, 5.74) is 3.22. The van der Waals surface area contributed by atoms with Crippen molar-refractivity contribution in [1.29, 1.82) is 0 Å². The van der Waals surface area contributed by atoms with Gasteiger partial charge in [-0.2, -0.15) is 0 Å². The zero-order valence-corrected chi connectivity index (χ0v) is 15.1. The summed E-state index contributed by atoms with van der Waals surface area (Å²) in [5, 5.41) is 0. The lowest BCUT2D eigenvalue weighted by atomic mass is 9.77. The molecule has 114 valence electrons. The number of fused-ring (bicyclic) bond motifs is 1. The van der Waals surface area contributed by atoms with E-state index in [0.29, 0.717) is 5.92 Å². The van der Waals surface area contributed by atoms with Crippen molar-refractivity contribution in [2.45, 2.75) is 84.0 Å². The van der Waals surface area contributed by atoms with E-state index >= 15 is 0 Å². The summed E-state index contributed by atoms with van der Waals surface area (Å²) in [5.74, 6) is 0.628. The third-order valence-corrected chi connectivity index (χ3v) is 10.3. The quantitative estimate of drug-likeness (QED) is 0.558. The van der Waals surface area contributed by atoms with Gasteiger partial charge in [-0.05, 0) is 60.9 Å². The SMILES string of the molecule is CC[Si](CC)(CC)OC12CCC=C(C(C)C)C1=CCC2. The van der Waals surface area contributed by atoms with Crippen molar-refractivity contribution in [2.75, 3.05) is 0 Å². The highest BCUT2D eigenvalue weighted by Gasteiger charge is 2.46. The molecule has 2 rings (SSSR count). The van der Waals surface area contributed by atoms with Crippen molar-refractivity contribution < 1.29 is 4.43 Å². The Kier molecular flexibility index (Phi) is 4.96. The summed E-state index contributed by atoms with van der Waals surface area (Å²) < 4.78 is 7.05. The Morgan fingerprint density at radius 2 is 1.60 bits per heavy atom. The first-order valence-corrected chi connectivity index (χ1v) is 11.2. The predicted molar refractivity (Wildman–Crippen MR) is 90.5 cm³/mol. The summed E-state index contributed by atoms with van der Waals surface area (Å²) in [6.45, 7) is 11.7. The first kappa shape index (κ1) is 16.0. The molecule has 1 atom stereocenters. The van der Waals surface area contributed by atoms with Gasteiger partial charge in [0.1, 0.15) is 0 Å². The second-order valence-electron chi connectivity index (χ2n) is 6.85. The molecule has 0 aromatic carbocycles. The van der Waals surface area contributed by atoms with Gasteiger partial charge in [0.15, 0.2) is 8.32 Å². The van der Waals surface area contributed by atoms with Gasteiger partial charge < -0.3 is 4.43 Å². The predicted octanol–water partition coefficient (Wildman–Crippen LogP) is 5.84. The third kappa shape index (κ3) is 2.69. The molecule has 0 N–H and O–H groups in total. The van der Waals surface area contributed by atoms with Gasteiger partial charge in [0.25, 0.3) is 0 Å². The molecule has 0 amide bonds. The second kappa shape index (κ2) is 6.19. The lowest BCUT2D eigenvalue weighted by Crippen LogP contribution is -2.48. The van der Waals surface area contributed by atoms with Crippen LogP contribution in [0.1, 0.15) is 60.3 Å². The van der Waals surface area contributed by atoms with Crippen molar-refractivity contribution >= 4 is 8.32 Å². The zero-order chi connectivity index (χ0) is 14.8. The Morgan fingerprint density at radius 1 is 1.05 bits per heavy atom. The standard InChI is InChI=1S/C18H32OSi/c1-6-20(7-2,8-3)19-18-13-9-11-16(15(4)5)17(18)12-10-14-18/h11-12,15H,6-10,13-14H2,1-5H3. The molecule has 0 aromatic heterocycles. The summed E-state index contributed by atoms with van der Waals surface area (Å²) in [6.07, 6.45) is 9.79. The maximum Gasteiger partial charge on any atom is 0.193 e. The molecule has 0 saturated heterocycles. The Balaban J connectivity index is 2.31. The van der Waals surface area contributed by atoms with Crippen molar-refractivity contribution in [3.8, 4) is 0 Å². The van der Waals surface area contributed by atoms with E-state index < -0.39 is 8.32 Å². The van der Waals surface area contributed by atoms with Crippen LogP contribution in [0.15, 0.2) is 23.3 Å². The minimum atomic E-state index is -1.53. The Hall–Kier alpha value is -0.343. The number of rotatable bonds is 6. The van der Waals surface area contributed by atoms with Gasteiger partial charge in [0, 0.05) is 0 Å². The Labute approximate surface area is 126 Å². The molecule has 2 heteroatoms. The van der Waals surface area contributed by atoms with Crippen molar-refractivity contribution in [2.24, 2.45) is 5.92 Å². The Morgan fingerprint density at radius 3 is 2.10 bits per heavy atom. The average molecular weight is 293 g/mol. The van der Waals surface area contributed by atoms with Crippen molar-refractivity contribution in [3.63, 3.8) is 0 Å². The lowest BCUT2D eigenvalue weighted by Gasteiger charge is -2.45. The van der Waals surface area contributed by atoms with Crippen LogP contribution in [0.5, 0.6) is 0 Å². The van der Waals surface area contributed by atoms with E-state index in [-0.39, 0.29) is 5.60 Å². The molecule has 20 heavy (non-hydrogen) atoms. The highest BCUT2D eigenvalue weighted by molar-refractivity contribution is 6.73. The molecule has 0 aromatic rings. The van der Waals surface area contributed by atoms with E-state index in [1.54, 1.807) is 11.1 Å². The maximum atomic E-state index is 7.05. The minimum Gasteiger partial charge on any atom is -0.407 e. The maximum absolute atomic E-state index is 7.05. The Bertz CT molecular complexity index is 395. The van der Waals surface area contributed by atoms with Gasteiger partial charge in [-0.3, -0.25) is 0 Å². The van der Waals surface area contributed by atoms with Crippen molar-refractivity contribution in [1.82, 2.24) is 0 Å². The van der Waals surface area contributed by atoms with Crippen LogP contribution in [-0.2, 0) is 4.43 Å². The van der Waals surface area contributed by atoms with Gasteiger partial charge in [-0.15, -0.1) is 0 Å². The molecular formula is C18H32OSi. The van der Waals surface area contributed by atoms with Crippen LogP contribution >= 0.6 is 0 Å². The smallest absolute Gasteiger partial charge is 0.193 e. The normalized spacial score (nSPS) is 26.5. The van der Waals surface area contributed by atoms with E-state index in [1.807, 2.05) is 0 Å². The van der Waals surface area contributed by atoms with Crippen LogP contribution in [0, 0.1) is 5.92 Å². The number of allylic oxidation sites excluding steroid dienone is 2. The molecule has 0 radical (unpaired) electrons. The number of hydrogen-bond donors (Lipinski definition) is 0. The number of hydrogen-bond acceptors (Lipinski definition) is 1. The molecule has 0 bridgehead atoms. The molecule has 0 aliphatic heterocycles. The molecule has 0 spiro atoms. The van der Waals surface area contributed by atoms with Crippen LogP contribution in [0.4, 0.5) is 0 Å². The van der Waals surface area contributed by atoms with Crippen LogP contribution < -0.4 is 0 Å². The molecule has 0 saturated carbocycles. The molecule has 0 heterocycles. The highest BCUT2D eigenvalue weighted by atomic mass is 28.4. The first-order valence-electron chi connectivity index (χ1n) is 8.63. The molecule has 1 unspecified atom stereocenters. The summed E-state index contributed by atoms with van der Waals surface area (Å²) in [7, 11) is -1.53. The van der Waals surface area contributed by atoms with Gasteiger partial charge in [-0.25, -0.2) is 0 Å². The summed E-state index contributed by atoms with van der Waals surface area (Å²) in [4.78, 5) is 0. The van der Waals surface area contributed by atoms with Gasteiger partial charge in [-0.1, -0.05) is 46.8 Å². The van der Waals surface area contributed by atoms with E-state index in [1.165, 1.54) is 43.8 Å². The highest BCUT2D eigenvalue weighted by Crippen LogP contribution is 2.49. The van der Waals surface area contributed by atoms with Crippen LogP contribution in [0.2, 0.25) is 18.1 Å². The van der Waals surface area contributed by atoms with E-state index in [9.17, 15) is 0 Å². The van der Waals surface area contributed by atoms with Crippen molar-refractivity contribution in [3.05, 3.63) is 23.3 Å². The first-order chi connectivity index (χ1) is 9.52. The zero-order valence-electron chi connectivity index (χ0n) is 14.1. The fraction of sp³-hybridized carbons (Fsp3) is 0.778. The van der Waals surface area contributed by atoms with Crippen LogP contribution in [0.25, 0.3) is 0 Å². The lowest BCUT2D eigenvalue weighted by molar-refractivity contribution is 0.0830. The van der Waals surface area contributed by atoms with Gasteiger partial charge >= 0.3 is 0 Å². The molecule has 1 nitrogen and oxygen atoms in total. The molecule has 0 fully saturated rings. The topological polar surface area (TPSA) is 9.23 Å². The second-order valence-corrected chi connectivity index (χ2v) is 11.5. The fourth-order valence-electron chi connectivity index (χ4n) is 4.07. The monoisotopic (exact) mass is 292 g/mol. The van der Waals surface area contributed by atoms with E-state index in [2.05, 4.69) is 46.8 Å². The molecule has 2 aliphatic rings. The van der Waals surface area contributed by atoms with Crippen LogP contribution in [-0.4, -0.2) is 13.9 Å². The van der Waals surface area contributed by atoms with Crippen LogP contribution in [0.3, 0.4) is 0 Å². The largest absolute Gasteiger partial charge is 0.407 e. The molecule has 2 aliphatic carbocycles. The van der Waals surface area contributed by atoms with Gasteiger partial charge in [0.05, 0.1) is 5.60 Å². The van der Waals surface area contributed by atoms with Gasteiger partial charge in [0.2, 0.25) is 0 Å².